The van der Waals surface area contributed by atoms with Crippen LogP contribution in [0.1, 0.15) is 37.4 Å². The Bertz CT molecular complexity index is 1170. The van der Waals surface area contributed by atoms with Gasteiger partial charge in [0.25, 0.3) is 5.91 Å². The second-order valence-electron chi connectivity index (χ2n) is 8.82. The standard InChI is InChI=1S/C22H28N4O6S/c1-21(19(27)23-30,33(3,31)32)8-13-25-16-18-14-17(15-26(18)20(25)28)6-4-5-7-22(29)9-11-24(2)12-10-22/h14-15,29-30H,8-13,16H2,1-3H3,(H,23,27)/t21-/m1/s1. The molecule has 0 bridgehead atoms. The quantitative estimate of drug-likeness (QED) is 0.304. The van der Waals surface area contributed by atoms with Crippen molar-refractivity contribution in [3.8, 4) is 23.7 Å². The summed E-state index contributed by atoms with van der Waals surface area (Å²) in [6.45, 7) is 3.01. The van der Waals surface area contributed by atoms with Gasteiger partial charge in [0.2, 0.25) is 0 Å². The number of carbonyl (C=O) groups excluding carboxylic acids is 2. The predicted molar refractivity (Wildman–Crippen MR) is 120 cm³/mol. The highest BCUT2D eigenvalue weighted by Crippen LogP contribution is 2.25. The minimum absolute atomic E-state index is 0.0117. The third-order valence-corrected chi connectivity index (χ3v) is 8.39. The Morgan fingerprint density at radius 2 is 1.97 bits per heavy atom. The van der Waals surface area contributed by atoms with Crippen LogP contribution in [0, 0.1) is 23.7 Å². The number of nitrogens with zero attached hydrogens (tertiary/aromatic N) is 3. The molecule has 3 heterocycles. The maximum atomic E-state index is 12.7. The van der Waals surface area contributed by atoms with E-state index in [1.165, 1.54) is 21.9 Å². The highest BCUT2D eigenvalue weighted by molar-refractivity contribution is 7.92. The van der Waals surface area contributed by atoms with Crippen LogP contribution in [-0.2, 0) is 21.2 Å². The molecule has 1 atom stereocenters. The smallest absolute Gasteiger partial charge is 0.328 e. The van der Waals surface area contributed by atoms with E-state index in [0.29, 0.717) is 24.1 Å². The number of hydroxylamine groups is 1. The molecule has 178 valence electrons. The summed E-state index contributed by atoms with van der Waals surface area (Å²) in [5.41, 5.74) is 1.66. The van der Waals surface area contributed by atoms with Crippen LogP contribution in [0.2, 0.25) is 0 Å². The van der Waals surface area contributed by atoms with Crippen molar-refractivity contribution in [3.63, 3.8) is 0 Å². The van der Waals surface area contributed by atoms with Crippen molar-refractivity contribution in [3.05, 3.63) is 23.5 Å². The molecular weight excluding hydrogens is 448 g/mol. The first-order valence-corrected chi connectivity index (χ1v) is 12.4. The van der Waals surface area contributed by atoms with Crippen LogP contribution < -0.4 is 5.48 Å². The summed E-state index contributed by atoms with van der Waals surface area (Å²) < 4.78 is 23.7. The molecule has 0 aromatic carbocycles. The Kier molecular flexibility index (Phi) is 6.91. The lowest BCUT2D eigenvalue weighted by molar-refractivity contribution is -0.131. The van der Waals surface area contributed by atoms with Gasteiger partial charge in [-0.2, -0.15) is 0 Å². The first kappa shape index (κ1) is 24.8. The molecular formula is C22H28N4O6S. The molecule has 2 aliphatic heterocycles. The lowest BCUT2D eigenvalue weighted by atomic mass is 9.92. The van der Waals surface area contributed by atoms with Crippen molar-refractivity contribution in [2.45, 2.75) is 43.1 Å². The number of hydrogen-bond acceptors (Lipinski definition) is 7. The number of aliphatic hydroxyl groups is 1. The lowest BCUT2D eigenvalue weighted by Crippen LogP contribution is -2.50. The molecule has 0 radical (unpaired) electrons. The van der Waals surface area contributed by atoms with E-state index in [9.17, 15) is 23.1 Å². The number of rotatable bonds is 5. The minimum atomic E-state index is -3.84. The highest BCUT2D eigenvalue weighted by Gasteiger charge is 2.44. The molecule has 10 nitrogen and oxygen atoms in total. The molecule has 3 rings (SSSR count). The van der Waals surface area contributed by atoms with Gasteiger partial charge < -0.3 is 14.9 Å². The molecule has 0 aliphatic carbocycles. The van der Waals surface area contributed by atoms with Crippen LogP contribution >= 0.6 is 0 Å². The van der Waals surface area contributed by atoms with E-state index in [-0.39, 0.29) is 25.5 Å². The number of hydrogen-bond donors (Lipinski definition) is 3. The number of amides is 2. The molecule has 1 aromatic heterocycles. The average molecular weight is 477 g/mol. The zero-order chi connectivity index (χ0) is 24.4. The van der Waals surface area contributed by atoms with E-state index in [4.69, 9.17) is 5.21 Å². The molecule has 11 heteroatoms. The number of aromatic nitrogens is 1. The molecule has 1 saturated heterocycles. The van der Waals surface area contributed by atoms with E-state index < -0.39 is 26.1 Å². The maximum Gasteiger partial charge on any atom is 0.328 e. The van der Waals surface area contributed by atoms with Gasteiger partial charge in [0.05, 0.1) is 6.54 Å². The molecule has 3 N–H and O–H groups in total. The molecule has 2 amide bonds. The van der Waals surface area contributed by atoms with Crippen molar-refractivity contribution in [1.29, 1.82) is 0 Å². The fourth-order valence-electron chi connectivity index (χ4n) is 3.77. The number of sulfone groups is 1. The third-order valence-electron chi connectivity index (χ3n) is 6.37. The first-order valence-electron chi connectivity index (χ1n) is 10.5. The monoisotopic (exact) mass is 476 g/mol. The Hall–Kier alpha value is -2.83. The van der Waals surface area contributed by atoms with E-state index in [0.717, 1.165) is 19.3 Å². The zero-order valence-electron chi connectivity index (χ0n) is 18.9. The van der Waals surface area contributed by atoms with Crippen LogP contribution in [0.25, 0.3) is 0 Å². The largest absolute Gasteiger partial charge is 0.377 e. The van der Waals surface area contributed by atoms with E-state index >= 15 is 0 Å². The van der Waals surface area contributed by atoms with Crippen molar-refractivity contribution in [1.82, 2.24) is 19.8 Å². The fourth-order valence-corrected chi connectivity index (χ4v) is 4.61. The molecule has 1 fully saturated rings. The number of fused-ring (bicyclic) bond motifs is 1. The number of piperidine rings is 1. The average Bonchev–Trinajstić information content (AvgIpc) is 3.29. The summed E-state index contributed by atoms with van der Waals surface area (Å²) >= 11 is 0. The minimum Gasteiger partial charge on any atom is -0.377 e. The third kappa shape index (κ3) is 5.23. The number of carbonyl (C=O) groups is 2. The Morgan fingerprint density at radius 3 is 2.55 bits per heavy atom. The second-order valence-corrected chi connectivity index (χ2v) is 11.3. The molecule has 2 aliphatic rings. The van der Waals surface area contributed by atoms with Gasteiger partial charge >= 0.3 is 6.03 Å². The van der Waals surface area contributed by atoms with Gasteiger partial charge in [0, 0.05) is 56.2 Å². The SMILES string of the molecule is CN1CCC(O)(C#CC#Cc2cc3n(c2)C(=O)N(CC[C@](C)(C(=O)NO)S(C)(=O)=O)C3)CC1. The van der Waals surface area contributed by atoms with Crippen LogP contribution in [0.3, 0.4) is 0 Å². The second kappa shape index (κ2) is 9.20. The molecule has 0 spiro atoms. The van der Waals surface area contributed by atoms with Gasteiger partial charge in [-0.1, -0.05) is 11.8 Å². The Morgan fingerprint density at radius 1 is 1.30 bits per heavy atom. The topological polar surface area (TPSA) is 132 Å². The van der Waals surface area contributed by atoms with Crippen molar-refractivity contribution < 1.29 is 28.3 Å². The van der Waals surface area contributed by atoms with Crippen LogP contribution in [0.15, 0.2) is 12.3 Å². The van der Waals surface area contributed by atoms with E-state index in [1.807, 2.05) is 7.05 Å². The Labute approximate surface area is 193 Å². The summed E-state index contributed by atoms with van der Waals surface area (Å²) in [5, 5.41) is 19.4. The van der Waals surface area contributed by atoms with Crippen molar-refractivity contribution in [2.24, 2.45) is 0 Å². The van der Waals surface area contributed by atoms with Crippen LogP contribution in [0.4, 0.5) is 4.79 Å². The number of nitrogens with one attached hydrogen (secondary N) is 1. The highest BCUT2D eigenvalue weighted by atomic mass is 32.2. The first-order chi connectivity index (χ1) is 15.4. The van der Waals surface area contributed by atoms with E-state index in [2.05, 4.69) is 28.6 Å². The lowest BCUT2D eigenvalue weighted by Gasteiger charge is -2.32. The van der Waals surface area contributed by atoms with Gasteiger partial charge in [-0.25, -0.2) is 18.7 Å². The summed E-state index contributed by atoms with van der Waals surface area (Å²) in [6, 6.07) is 1.39. The number of likely N-dealkylation sites (tertiary alicyclic amines) is 1. The van der Waals surface area contributed by atoms with Gasteiger partial charge in [-0.3, -0.25) is 14.6 Å². The predicted octanol–water partition coefficient (Wildman–Crippen LogP) is -0.218. The van der Waals surface area contributed by atoms with E-state index in [1.54, 1.807) is 12.3 Å². The van der Waals surface area contributed by atoms with Crippen LogP contribution in [-0.4, -0.2) is 88.3 Å². The van der Waals surface area contributed by atoms with Gasteiger partial charge in [-0.05, 0) is 38.3 Å². The fraction of sp³-hybridized carbons (Fsp3) is 0.545. The zero-order valence-corrected chi connectivity index (χ0v) is 19.7. The summed E-state index contributed by atoms with van der Waals surface area (Å²) in [4.78, 5) is 28.2. The molecule has 0 saturated carbocycles. The Balaban J connectivity index is 1.64. The van der Waals surface area contributed by atoms with Crippen LogP contribution in [0.5, 0.6) is 0 Å². The maximum absolute atomic E-state index is 12.7. The van der Waals surface area contributed by atoms with Gasteiger partial charge in [-0.15, -0.1) is 0 Å². The summed E-state index contributed by atoms with van der Waals surface area (Å²) in [6.07, 6.45) is 3.46. The molecule has 33 heavy (non-hydrogen) atoms. The van der Waals surface area contributed by atoms with Crippen molar-refractivity contribution in [2.75, 3.05) is 32.9 Å². The van der Waals surface area contributed by atoms with Gasteiger partial charge in [0.1, 0.15) is 5.60 Å². The summed E-state index contributed by atoms with van der Waals surface area (Å²) in [7, 11) is -1.84. The molecule has 0 unspecified atom stereocenters. The van der Waals surface area contributed by atoms with Crippen molar-refractivity contribution >= 4 is 21.8 Å². The summed E-state index contributed by atoms with van der Waals surface area (Å²) in [5.74, 6) is 10.1. The normalized spacial score (nSPS) is 19.5. The molecule has 1 aromatic rings. The van der Waals surface area contributed by atoms with Gasteiger partial charge in [0.15, 0.2) is 14.6 Å².